The van der Waals surface area contributed by atoms with Gasteiger partial charge in [-0.2, -0.15) is 0 Å². The third kappa shape index (κ3) is 11.6. The molecule has 1 unspecified atom stereocenters. The van der Waals surface area contributed by atoms with Gasteiger partial charge in [-0.1, -0.05) is 83.5 Å². The van der Waals surface area contributed by atoms with Crippen LogP contribution >= 0.6 is 0 Å². The Labute approximate surface area is 294 Å². The normalized spacial score (nSPS) is 17.7. The summed E-state index contributed by atoms with van der Waals surface area (Å²) >= 11 is 0. The van der Waals surface area contributed by atoms with E-state index in [4.69, 9.17) is 0 Å². The summed E-state index contributed by atoms with van der Waals surface area (Å²) < 4.78 is 0. The van der Waals surface area contributed by atoms with Gasteiger partial charge in [-0.15, -0.1) is 0 Å². The standard InChI is InChI=1S/C37H51N7O6/c1-7-12-28(33(46)37(50)41-24(6)25-13-9-8-10-14-25)42-30(45)19-26-15-11-16-27(26)20-40-35(48)31(22(2)3)44-36(49)32(23(4)5)43-34(47)29-21-38-17-18-39-29/h8-11,13-14,16-18,21-24,26-28,31-32H,7,12,15,19-20H2,1-6H3,(H,40,48)(H,41,50)(H,42,45)(H,43,47)(H,44,49)/t24-,26+,27-,28?,31-,32+/m0/s1. The Kier molecular flexibility index (Phi) is 15.2. The highest BCUT2D eigenvalue weighted by Crippen LogP contribution is 2.28. The molecule has 50 heavy (non-hydrogen) atoms. The number of nitrogens with one attached hydrogen (secondary N) is 5. The summed E-state index contributed by atoms with van der Waals surface area (Å²) in [5, 5.41) is 13.9. The molecule has 0 fully saturated rings. The number of Topliss-reactive ketones (excluding diaryl/α,β-unsaturated/α-hetero) is 1. The Morgan fingerprint density at radius 2 is 1.52 bits per heavy atom. The molecule has 1 aliphatic rings. The first-order valence-electron chi connectivity index (χ1n) is 17.3. The smallest absolute Gasteiger partial charge is 0.290 e. The molecule has 13 nitrogen and oxygen atoms in total. The number of carbonyl (C=O) groups is 6. The van der Waals surface area contributed by atoms with E-state index >= 15 is 0 Å². The van der Waals surface area contributed by atoms with Crippen LogP contribution in [0.1, 0.15) is 89.3 Å². The van der Waals surface area contributed by atoms with Gasteiger partial charge in [0.25, 0.3) is 11.8 Å². The Morgan fingerprint density at radius 1 is 0.840 bits per heavy atom. The van der Waals surface area contributed by atoms with Crippen molar-refractivity contribution >= 4 is 35.3 Å². The number of amides is 5. The maximum Gasteiger partial charge on any atom is 0.290 e. The number of ketones is 1. The van der Waals surface area contributed by atoms with Gasteiger partial charge in [0.15, 0.2) is 0 Å². The number of allylic oxidation sites excluding steroid dienone is 1. The molecule has 0 bridgehead atoms. The number of carbonyl (C=O) groups excluding carboxylic acids is 6. The average Bonchev–Trinajstić information content (AvgIpc) is 3.54. The first-order chi connectivity index (χ1) is 23.8. The molecule has 5 amide bonds. The van der Waals surface area contributed by atoms with Crippen molar-refractivity contribution in [1.29, 1.82) is 0 Å². The van der Waals surface area contributed by atoms with Crippen LogP contribution in [0.2, 0.25) is 0 Å². The third-order valence-electron chi connectivity index (χ3n) is 8.77. The number of benzene rings is 1. The SMILES string of the molecule is CCCC(NC(=O)C[C@H]1CC=C[C@H]1CNC(=O)[C@@H](NC(=O)[C@H](NC(=O)c1cnccn1)C(C)C)C(C)C)C(=O)C(=O)N[C@@H](C)c1ccccc1. The predicted molar refractivity (Wildman–Crippen MR) is 188 cm³/mol. The molecule has 0 spiro atoms. The summed E-state index contributed by atoms with van der Waals surface area (Å²) in [6.07, 6.45) is 9.67. The van der Waals surface area contributed by atoms with E-state index in [1.807, 2.05) is 63.3 Å². The van der Waals surface area contributed by atoms with Gasteiger partial charge in [0, 0.05) is 25.4 Å². The zero-order valence-corrected chi connectivity index (χ0v) is 29.8. The van der Waals surface area contributed by atoms with Crippen molar-refractivity contribution in [1.82, 2.24) is 36.6 Å². The number of nitrogens with zero attached hydrogens (tertiary/aromatic N) is 2. The first kappa shape index (κ1) is 39.5. The minimum atomic E-state index is -0.946. The fourth-order valence-corrected chi connectivity index (χ4v) is 5.80. The largest absolute Gasteiger partial charge is 0.354 e. The van der Waals surface area contributed by atoms with Crippen LogP contribution in [-0.4, -0.2) is 70.0 Å². The Hall–Kier alpha value is -4.94. The van der Waals surface area contributed by atoms with Crippen LogP contribution in [0.5, 0.6) is 0 Å². The molecule has 0 aliphatic heterocycles. The Morgan fingerprint density at radius 3 is 2.14 bits per heavy atom. The first-order valence-corrected chi connectivity index (χ1v) is 17.3. The molecule has 13 heteroatoms. The molecule has 1 aromatic heterocycles. The van der Waals surface area contributed by atoms with E-state index in [0.717, 1.165) is 5.56 Å². The third-order valence-corrected chi connectivity index (χ3v) is 8.77. The fourth-order valence-electron chi connectivity index (χ4n) is 5.80. The second kappa shape index (κ2) is 19.3. The highest BCUT2D eigenvalue weighted by molar-refractivity contribution is 6.38. The summed E-state index contributed by atoms with van der Waals surface area (Å²) in [6.45, 7) is 11.1. The van der Waals surface area contributed by atoms with E-state index in [-0.39, 0.29) is 60.2 Å². The van der Waals surface area contributed by atoms with E-state index in [2.05, 4.69) is 36.6 Å². The minimum absolute atomic E-state index is 0.0726. The van der Waals surface area contributed by atoms with Gasteiger partial charge in [-0.25, -0.2) is 4.98 Å². The van der Waals surface area contributed by atoms with E-state index in [9.17, 15) is 28.8 Å². The maximum absolute atomic E-state index is 13.4. The highest BCUT2D eigenvalue weighted by Gasteiger charge is 2.33. The molecular weight excluding hydrogens is 638 g/mol. The predicted octanol–water partition coefficient (Wildman–Crippen LogP) is 2.80. The minimum Gasteiger partial charge on any atom is -0.354 e. The molecule has 5 N–H and O–H groups in total. The number of hydrogen-bond donors (Lipinski definition) is 5. The average molecular weight is 690 g/mol. The van der Waals surface area contributed by atoms with Crippen LogP contribution < -0.4 is 26.6 Å². The van der Waals surface area contributed by atoms with Gasteiger partial charge in [-0.05, 0) is 49.0 Å². The molecule has 0 saturated carbocycles. The van der Waals surface area contributed by atoms with Crippen molar-refractivity contribution in [2.45, 2.75) is 91.4 Å². The number of aromatic nitrogens is 2. The van der Waals surface area contributed by atoms with E-state index in [1.54, 1.807) is 20.8 Å². The summed E-state index contributed by atoms with van der Waals surface area (Å²) in [7, 11) is 0. The molecule has 2 aromatic rings. The number of hydrogen-bond acceptors (Lipinski definition) is 8. The highest BCUT2D eigenvalue weighted by atomic mass is 16.2. The monoisotopic (exact) mass is 689 g/mol. The van der Waals surface area contributed by atoms with Crippen LogP contribution in [0.25, 0.3) is 0 Å². The van der Waals surface area contributed by atoms with Crippen molar-refractivity contribution < 1.29 is 28.8 Å². The maximum atomic E-state index is 13.4. The molecule has 1 aliphatic carbocycles. The molecule has 6 atom stereocenters. The van der Waals surface area contributed by atoms with Crippen molar-refractivity contribution in [3.8, 4) is 0 Å². The van der Waals surface area contributed by atoms with Gasteiger partial charge in [0.05, 0.1) is 18.3 Å². The van der Waals surface area contributed by atoms with Crippen molar-refractivity contribution in [2.24, 2.45) is 23.7 Å². The lowest BCUT2D eigenvalue weighted by Gasteiger charge is -2.28. The Bertz CT molecular complexity index is 1500. The van der Waals surface area contributed by atoms with Crippen molar-refractivity contribution in [2.75, 3.05) is 6.54 Å². The summed E-state index contributed by atoms with van der Waals surface area (Å²) in [4.78, 5) is 86.2. The lowest BCUT2D eigenvalue weighted by molar-refractivity contribution is -0.140. The van der Waals surface area contributed by atoms with E-state index in [1.165, 1.54) is 18.6 Å². The summed E-state index contributed by atoms with van der Waals surface area (Å²) in [6, 6.07) is 6.19. The van der Waals surface area contributed by atoms with Gasteiger partial charge in [0.2, 0.25) is 23.5 Å². The van der Waals surface area contributed by atoms with Crippen molar-refractivity contribution in [3.63, 3.8) is 0 Å². The molecule has 0 radical (unpaired) electrons. The van der Waals surface area contributed by atoms with Crippen LogP contribution in [0.3, 0.4) is 0 Å². The molecular formula is C37H51N7O6. The molecule has 1 heterocycles. The van der Waals surface area contributed by atoms with Crippen LogP contribution in [0.15, 0.2) is 61.1 Å². The van der Waals surface area contributed by atoms with E-state index in [0.29, 0.717) is 19.3 Å². The number of rotatable bonds is 18. The quantitative estimate of drug-likeness (QED) is 0.117. The Balaban J connectivity index is 1.54. The van der Waals surface area contributed by atoms with E-state index < -0.39 is 41.6 Å². The topological polar surface area (TPSA) is 188 Å². The second-order valence-corrected chi connectivity index (χ2v) is 13.4. The van der Waals surface area contributed by atoms with Gasteiger partial charge < -0.3 is 26.6 Å². The second-order valence-electron chi connectivity index (χ2n) is 13.4. The van der Waals surface area contributed by atoms with Crippen molar-refractivity contribution in [3.05, 3.63) is 72.3 Å². The fraction of sp³-hybridized carbons (Fsp3) is 0.514. The van der Waals surface area contributed by atoms with Gasteiger partial charge in [-0.3, -0.25) is 33.8 Å². The lowest BCUT2D eigenvalue weighted by atomic mass is 9.91. The summed E-state index contributed by atoms with van der Waals surface area (Å²) in [5.41, 5.74) is 0.935. The lowest BCUT2D eigenvalue weighted by Crippen LogP contribution is -2.57. The van der Waals surface area contributed by atoms with Gasteiger partial charge >= 0.3 is 0 Å². The molecule has 1 aromatic carbocycles. The van der Waals surface area contributed by atoms with Gasteiger partial charge in [0.1, 0.15) is 17.8 Å². The van der Waals surface area contributed by atoms with Crippen LogP contribution in [0.4, 0.5) is 0 Å². The molecule has 3 rings (SSSR count). The zero-order chi connectivity index (χ0) is 36.8. The molecule has 0 saturated heterocycles. The van der Waals surface area contributed by atoms with Crippen LogP contribution in [0, 0.1) is 23.7 Å². The molecule has 270 valence electrons. The zero-order valence-electron chi connectivity index (χ0n) is 29.8. The summed E-state index contributed by atoms with van der Waals surface area (Å²) in [5.74, 6) is -4.04. The van der Waals surface area contributed by atoms with Crippen LogP contribution in [-0.2, 0) is 24.0 Å².